The minimum absolute atomic E-state index is 2.44. The van der Waals surface area contributed by atoms with E-state index < -0.39 is 28.6 Å². The van der Waals surface area contributed by atoms with Gasteiger partial charge in [-0.25, -0.2) is 4.79 Å². The van der Waals surface area contributed by atoms with Crippen molar-refractivity contribution in [3.05, 3.63) is 21.8 Å². The third-order valence-electron chi connectivity index (χ3n) is 0.874. The smallest absolute Gasteiger partial charge is 0.476 e. The van der Waals surface area contributed by atoms with Gasteiger partial charge in [-0.15, -0.1) is 8.78 Å². The fourth-order valence-electron chi connectivity index (χ4n) is 0.306. The molecule has 0 bridgehead atoms. The van der Waals surface area contributed by atoms with Crippen molar-refractivity contribution >= 4 is 5.97 Å². The molecule has 0 amide bonds. The standard InChI is InChI=1S/C4HF4NO4/c5-1(3(10)11)2(6)4(7,8)9(12)13/h(H,10,11)/b2-1+. The topological polar surface area (TPSA) is 80.4 Å². The molecule has 0 saturated carbocycles. The first-order valence-corrected chi connectivity index (χ1v) is 2.52. The van der Waals surface area contributed by atoms with E-state index in [4.69, 9.17) is 5.11 Å². The zero-order valence-corrected chi connectivity index (χ0v) is 5.63. The van der Waals surface area contributed by atoms with Crippen LogP contribution in [0.25, 0.3) is 0 Å². The van der Waals surface area contributed by atoms with Crippen LogP contribution in [0.3, 0.4) is 0 Å². The van der Waals surface area contributed by atoms with Crippen molar-refractivity contribution < 1.29 is 32.4 Å². The molecule has 0 aromatic rings. The Morgan fingerprint density at radius 3 is 2.00 bits per heavy atom. The molecule has 0 aliphatic rings. The maximum atomic E-state index is 12.0. The molecule has 0 radical (unpaired) electrons. The molecular formula is C4HF4NO4. The van der Waals surface area contributed by atoms with E-state index in [0.29, 0.717) is 0 Å². The number of nitrogens with zero attached hydrogens (tertiary/aromatic N) is 1. The summed E-state index contributed by atoms with van der Waals surface area (Å²) in [7, 11) is 0. The summed E-state index contributed by atoms with van der Waals surface area (Å²) in [5, 5.41) is 17.1. The molecule has 1 N–H and O–H groups in total. The minimum Gasteiger partial charge on any atom is -0.476 e. The number of carbonyl (C=O) groups is 1. The normalized spacial score (nSPS) is 13.5. The lowest BCUT2D eigenvalue weighted by Gasteiger charge is -2.03. The van der Waals surface area contributed by atoms with Crippen LogP contribution in [0.15, 0.2) is 11.7 Å². The molecule has 0 atom stereocenters. The third-order valence-corrected chi connectivity index (χ3v) is 0.874. The first-order valence-electron chi connectivity index (χ1n) is 2.52. The number of rotatable bonds is 3. The molecule has 0 aromatic carbocycles. The van der Waals surface area contributed by atoms with E-state index in [2.05, 4.69) is 0 Å². The Morgan fingerprint density at radius 1 is 1.38 bits per heavy atom. The first kappa shape index (κ1) is 11.3. The summed E-state index contributed by atoms with van der Waals surface area (Å²) in [6.07, 6.45) is 0. The zero-order chi connectivity index (χ0) is 10.8. The number of nitro groups is 1. The number of hydrogen-bond acceptors (Lipinski definition) is 3. The number of halogens is 4. The van der Waals surface area contributed by atoms with Crippen LogP contribution >= 0.6 is 0 Å². The summed E-state index contributed by atoms with van der Waals surface area (Å²) in [5.74, 6) is -8.76. The Kier molecular flexibility index (Phi) is 2.94. The van der Waals surface area contributed by atoms with Crippen molar-refractivity contribution in [3.8, 4) is 0 Å². The fourth-order valence-corrected chi connectivity index (χ4v) is 0.306. The summed E-state index contributed by atoms with van der Waals surface area (Å²) in [6, 6.07) is -5.36. The van der Waals surface area contributed by atoms with Crippen LogP contribution in [0.5, 0.6) is 0 Å². The van der Waals surface area contributed by atoms with Gasteiger partial charge in [0.15, 0.2) is 0 Å². The van der Waals surface area contributed by atoms with E-state index in [1.807, 2.05) is 0 Å². The van der Waals surface area contributed by atoms with Crippen LogP contribution in [0, 0.1) is 10.1 Å². The van der Waals surface area contributed by atoms with Gasteiger partial charge in [-0.05, 0) is 0 Å². The van der Waals surface area contributed by atoms with Gasteiger partial charge in [0.05, 0.1) is 0 Å². The van der Waals surface area contributed by atoms with Gasteiger partial charge in [-0.3, -0.25) is 10.1 Å². The van der Waals surface area contributed by atoms with Crippen molar-refractivity contribution in [2.45, 2.75) is 6.05 Å². The van der Waals surface area contributed by atoms with Crippen LogP contribution in [0.4, 0.5) is 17.6 Å². The monoisotopic (exact) mass is 203 g/mol. The molecule has 13 heavy (non-hydrogen) atoms. The summed E-state index contributed by atoms with van der Waals surface area (Å²) >= 11 is 0. The predicted octanol–water partition coefficient (Wildman–Crippen LogP) is 1.09. The summed E-state index contributed by atoms with van der Waals surface area (Å²) < 4.78 is 47.7. The number of aliphatic carboxylic acids is 1. The molecule has 0 unspecified atom stereocenters. The average molecular weight is 203 g/mol. The van der Waals surface area contributed by atoms with Gasteiger partial charge in [0.25, 0.3) is 11.7 Å². The zero-order valence-electron chi connectivity index (χ0n) is 5.63. The summed E-state index contributed by atoms with van der Waals surface area (Å²) in [4.78, 5) is 16.6. The van der Waals surface area contributed by atoms with E-state index in [1.165, 1.54) is 0 Å². The van der Waals surface area contributed by atoms with Gasteiger partial charge >= 0.3 is 12.0 Å². The third kappa shape index (κ3) is 2.13. The number of alkyl halides is 2. The van der Waals surface area contributed by atoms with Gasteiger partial charge in [-0.1, -0.05) is 0 Å². The second kappa shape index (κ2) is 3.37. The highest BCUT2D eigenvalue weighted by Gasteiger charge is 2.53. The maximum Gasteiger partial charge on any atom is 0.569 e. The maximum absolute atomic E-state index is 12.0. The van der Waals surface area contributed by atoms with Crippen molar-refractivity contribution in [2.24, 2.45) is 0 Å². The van der Waals surface area contributed by atoms with E-state index in [0.717, 1.165) is 0 Å². The highest BCUT2D eigenvalue weighted by molar-refractivity contribution is 5.84. The van der Waals surface area contributed by atoms with Crippen LogP contribution in [-0.2, 0) is 4.79 Å². The molecular weight excluding hydrogens is 202 g/mol. The molecule has 0 heterocycles. The first-order chi connectivity index (χ1) is 5.71. The second-order valence-electron chi connectivity index (χ2n) is 1.73. The quantitative estimate of drug-likeness (QED) is 0.245. The Labute approximate surface area is 67.4 Å². The van der Waals surface area contributed by atoms with Gasteiger partial charge in [0.1, 0.15) is 4.92 Å². The molecule has 0 fully saturated rings. The van der Waals surface area contributed by atoms with Crippen molar-refractivity contribution in [1.29, 1.82) is 0 Å². The summed E-state index contributed by atoms with van der Waals surface area (Å²) in [6.45, 7) is 0. The Balaban J connectivity index is 5.20. The molecule has 0 aliphatic heterocycles. The van der Waals surface area contributed by atoms with Gasteiger partial charge in [-0.2, -0.15) is 8.78 Å². The lowest BCUT2D eigenvalue weighted by molar-refractivity contribution is -0.633. The molecule has 0 aliphatic carbocycles. The van der Waals surface area contributed by atoms with E-state index in [-0.39, 0.29) is 0 Å². The van der Waals surface area contributed by atoms with Gasteiger partial charge in [0.2, 0.25) is 0 Å². The van der Waals surface area contributed by atoms with Crippen LogP contribution < -0.4 is 0 Å². The number of carboxylic acid groups (broad SMARTS) is 1. The van der Waals surface area contributed by atoms with E-state index in [9.17, 15) is 32.5 Å². The van der Waals surface area contributed by atoms with E-state index in [1.54, 1.807) is 0 Å². The number of carboxylic acids is 1. The lowest BCUT2D eigenvalue weighted by Crippen LogP contribution is -2.29. The summed E-state index contributed by atoms with van der Waals surface area (Å²) in [5.41, 5.74) is 0. The lowest BCUT2D eigenvalue weighted by atomic mass is 10.4. The largest absolute Gasteiger partial charge is 0.569 e. The molecule has 5 nitrogen and oxygen atoms in total. The average Bonchev–Trinajstić information content (AvgIpc) is 2.01. The molecule has 0 spiro atoms. The highest BCUT2D eigenvalue weighted by atomic mass is 19.3. The molecule has 74 valence electrons. The van der Waals surface area contributed by atoms with Crippen molar-refractivity contribution in [3.63, 3.8) is 0 Å². The number of hydrogen-bond donors (Lipinski definition) is 1. The predicted molar refractivity (Wildman–Crippen MR) is 28.8 cm³/mol. The molecule has 0 aromatic heterocycles. The molecule has 0 saturated heterocycles. The van der Waals surface area contributed by atoms with Crippen LogP contribution in [-0.4, -0.2) is 22.0 Å². The second-order valence-corrected chi connectivity index (χ2v) is 1.73. The van der Waals surface area contributed by atoms with E-state index >= 15 is 0 Å². The highest BCUT2D eigenvalue weighted by Crippen LogP contribution is 2.28. The Bertz CT molecular complexity index is 286. The van der Waals surface area contributed by atoms with Crippen molar-refractivity contribution in [1.82, 2.24) is 0 Å². The minimum atomic E-state index is -5.36. The van der Waals surface area contributed by atoms with Crippen molar-refractivity contribution in [2.75, 3.05) is 0 Å². The van der Waals surface area contributed by atoms with Crippen LogP contribution in [0.1, 0.15) is 0 Å². The Hall–Kier alpha value is -1.67. The molecule has 9 heteroatoms. The SMILES string of the molecule is O=C(O)/C(F)=C(\F)C(F)(F)[N+](=O)[O-]. The fraction of sp³-hybridized carbons (Fsp3) is 0.250. The van der Waals surface area contributed by atoms with Gasteiger partial charge < -0.3 is 5.11 Å². The van der Waals surface area contributed by atoms with Crippen LogP contribution in [0.2, 0.25) is 0 Å². The Morgan fingerprint density at radius 2 is 1.77 bits per heavy atom. The molecule has 0 rings (SSSR count). The van der Waals surface area contributed by atoms with Gasteiger partial charge in [0, 0.05) is 0 Å².